The molecule has 20 heavy (non-hydrogen) atoms. The third-order valence-corrected chi connectivity index (χ3v) is 4.25. The number of alkyl halides is 1. The number of carboxylic acid groups (broad SMARTS) is 1. The molecule has 2 unspecified atom stereocenters. The number of rotatable bonds is 1. The monoisotopic (exact) mass is 287 g/mol. The minimum Gasteiger partial charge on any atom is -0.481 e. The Morgan fingerprint density at radius 2 is 1.80 bits per heavy atom. The first-order valence-electron chi connectivity index (χ1n) is 7.00. The minimum absolute atomic E-state index is 0.103. The van der Waals surface area contributed by atoms with Gasteiger partial charge in [-0.3, -0.25) is 4.79 Å². The van der Waals surface area contributed by atoms with E-state index < -0.39 is 28.7 Å². The fourth-order valence-corrected chi connectivity index (χ4v) is 3.25. The number of fused-ring (bicyclic) bond motifs is 1. The summed E-state index contributed by atoms with van der Waals surface area (Å²) in [6.45, 7) is 4.90. The van der Waals surface area contributed by atoms with E-state index in [0.29, 0.717) is 12.8 Å². The van der Waals surface area contributed by atoms with Gasteiger partial charge in [0.1, 0.15) is 16.7 Å². The van der Waals surface area contributed by atoms with E-state index in [0.717, 1.165) is 0 Å². The molecule has 0 bridgehead atoms. The smallest absolute Gasteiger partial charge is 0.410 e. The SMILES string of the molecule is CC(C)(C)OC(=O)N1CC2(F)CCCCC2(C(=O)O)C1. The average molecular weight is 287 g/mol. The molecule has 1 amide bonds. The molecule has 2 atom stereocenters. The Kier molecular flexibility index (Phi) is 3.47. The summed E-state index contributed by atoms with van der Waals surface area (Å²) in [6.07, 6.45) is 1.18. The van der Waals surface area contributed by atoms with E-state index in [-0.39, 0.29) is 25.9 Å². The second-order valence-corrected chi connectivity index (χ2v) is 6.90. The van der Waals surface area contributed by atoms with Crippen molar-refractivity contribution in [1.82, 2.24) is 4.90 Å². The van der Waals surface area contributed by atoms with Gasteiger partial charge in [-0.15, -0.1) is 0 Å². The predicted molar refractivity (Wildman–Crippen MR) is 70.2 cm³/mol. The van der Waals surface area contributed by atoms with E-state index in [1.165, 1.54) is 4.90 Å². The number of nitrogens with zero attached hydrogens (tertiary/aromatic N) is 1. The molecule has 5 nitrogen and oxygen atoms in total. The zero-order valence-corrected chi connectivity index (χ0v) is 12.2. The zero-order chi connectivity index (χ0) is 15.2. The first kappa shape index (κ1) is 15.1. The normalized spacial score (nSPS) is 33.7. The topological polar surface area (TPSA) is 66.8 Å². The van der Waals surface area contributed by atoms with Crippen molar-refractivity contribution in [3.8, 4) is 0 Å². The molecule has 1 saturated carbocycles. The van der Waals surface area contributed by atoms with Crippen molar-refractivity contribution in [3.05, 3.63) is 0 Å². The van der Waals surface area contributed by atoms with Crippen LogP contribution < -0.4 is 0 Å². The third kappa shape index (κ3) is 2.36. The molecule has 2 fully saturated rings. The second-order valence-electron chi connectivity index (χ2n) is 6.90. The van der Waals surface area contributed by atoms with E-state index in [4.69, 9.17) is 4.74 Å². The fourth-order valence-electron chi connectivity index (χ4n) is 3.25. The van der Waals surface area contributed by atoms with Crippen molar-refractivity contribution in [3.63, 3.8) is 0 Å². The minimum atomic E-state index is -1.84. The molecule has 1 N–H and O–H groups in total. The first-order valence-corrected chi connectivity index (χ1v) is 7.00. The number of hydrogen-bond acceptors (Lipinski definition) is 3. The Labute approximate surface area is 118 Å². The maximum atomic E-state index is 15.1. The van der Waals surface area contributed by atoms with Crippen LogP contribution in [0, 0.1) is 5.41 Å². The molecule has 6 heteroatoms. The molecule has 1 aliphatic heterocycles. The number of ether oxygens (including phenoxy) is 1. The fraction of sp³-hybridized carbons (Fsp3) is 0.857. The Morgan fingerprint density at radius 1 is 1.20 bits per heavy atom. The highest BCUT2D eigenvalue weighted by Gasteiger charge is 2.65. The number of carboxylic acids is 1. The molecule has 0 aromatic rings. The molecule has 0 spiro atoms. The molecule has 0 radical (unpaired) electrons. The number of amides is 1. The Morgan fingerprint density at radius 3 is 2.30 bits per heavy atom. The van der Waals surface area contributed by atoms with Crippen molar-refractivity contribution in [2.45, 2.75) is 57.7 Å². The highest BCUT2D eigenvalue weighted by Crippen LogP contribution is 2.52. The third-order valence-electron chi connectivity index (χ3n) is 4.25. The maximum absolute atomic E-state index is 15.1. The lowest BCUT2D eigenvalue weighted by Gasteiger charge is -2.39. The van der Waals surface area contributed by atoms with Gasteiger partial charge in [0.25, 0.3) is 0 Å². The van der Waals surface area contributed by atoms with E-state index >= 15 is 4.39 Å². The summed E-state index contributed by atoms with van der Waals surface area (Å²) in [5.41, 5.74) is -3.99. The summed E-state index contributed by atoms with van der Waals surface area (Å²) in [4.78, 5) is 24.9. The Hall–Kier alpha value is -1.33. The molecule has 0 aromatic heterocycles. The van der Waals surface area contributed by atoms with Crippen molar-refractivity contribution >= 4 is 12.1 Å². The van der Waals surface area contributed by atoms with E-state index in [9.17, 15) is 14.7 Å². The van der Waals surface area contributed by atoms with Crippen LogP contribution in [0.2, 0.25) is 0 Å². The van der Waals surface area contributed by atoms with Gasteiger partial charge in [0.15, 0.2) is 0 Å². The molecule has 1 aliphatic carbocycles. The quantitative estimate of drug-likeness (QED) is 0.805. The van der Waals surface area contributed by atoms with Gasteiger partial charge in [-0.05, 0) is 33.6 Å². The van der Waals surface area contributed by atoms with Crippen molar-refractivity contribution in [1.29, 1.82) is 0 Å². The van der Waals surface area contributed by atoms with E-state index in [1.807, 2.05) is 0 Å². The van der Waals surface area contributed by atoms with Gasteiger partial charge in [-0.1, -0.05) is 12.8 Å². The van der Waals surface area contributed by atoms with Crippen LogP contribution in [-0.2, 0) is 9.53 Å². The number of aliphatic carboxylic acids is 1. The molecular weight excluding hydrogens is 265 g/mol. The number of carbonyl (C=O) groups excluding carboxylic acids is 1. The standard InChI is InChI=1S/C14H22FNO4/c1-12(2,3)20-11(19)16-8-13(10(17)18)6-4-5-7-14(13,15)9-16/h4-9H2,1-3H3,(H,17,18). The largest absolute Gasteiger partial charge is 0.481 e. The number of halogens is 1. The van der Waals surface area contributed by atoms with Crippen LogP contribution >= 0.6 is 0 Å². The average Bonchev–Trinajstić information content (AvgIpc) is 2.61. The van der Waals surface area contributed by atoms with E-state index in [2.05, 4.69) is 0 Å². The lowest BCUT2D eigenvalue weighted by atomic mass is 9.66. The molecule has 0 aromatic carbocycles. The van der Waals surface area contributed by atoms with Crippen molar-refractivity contribution in [2.24, 2.45) is 5.41 Å². The number of hydrogen-bond donors (Lipinski definition) is 1. The Balaban J connectivity index is 2.22. The molecule has 2 rings (SSSR count). The second kappa shape index (κ2) is 4.60. The summed E-state index contributed by atoms with van der Waals surface area (Å²) in [6, 6.07) is 0. The van der Waals surface area contributed by atoms with E-state index in [1.54, 1.807) is 20.8 Å². The predicted octanol–water partition coefficient (Wildman–Crippen LogP) is 2.59. The Bertz CT molecular complexity index is 433. The highest BCUT2D eigenvalue weighted by atomic mass is 19.1. The molecular formula is C14H22FNO4. The van der Waals surface area contributed by atoms with Crippen LogP contribution in [0.15, 0.2) is 0 Å². The maximum Gasteiger partial charge on any atom is 0.410 e. The molecule has 2 aliphatic rings. The highest BCUT2D eigenvalue weighted by molar-refractivity contribution is 5.80. The number of carbonyl (C=O) groups is 2. The number of likely N-dealkylation sites (tertiary alicyclic amines) is 1. The zero-order valence-electron chi connectivity index (χ0n) is 12.2. The van der Waals surface area contributed by atoms with Gasteiger partial charge in [0, 0.05) is 6.54 Å². The molecule has 114 valence electrons. The molecule has 1 saturated heterocycles. The summed E-state index contributed by atoms with van der Waals surface area (Å²) in [5, 5.41) is 9.48. The summed E-state index contributed by atoms with van der Waals surface area (Å²) in [5.74, 6) is -1.15. The lowest BCUT2D eigenvalue weighted by Crippen LogP contribution is -2.51. The van der Waals surface area contributed by atoms with Gasteiger partial charge in [0.05, 0.1) is 6.54 Å². The van der Waals surface area contributed by atoms with Gasteiger partial charge >= 0.3 is 12.1 Å². The van der Waals surface area contributed by atoms with Gasteiger partial charge in [0.2, 0.25) is 0 Å². The first-order chi connectivity index (χ1) is 9.10. The van der Waals surface area contributed by atoms with Gasteiger partial charge in [-0.2, -0.15) is 0 Å². The summed E-state index contributed by atoms with van der Waals surface area (Å²) >= 11 is 0. The molecule has 1 heterocycles. The van der Waals surface area contributed by atoms with Crippen LogP contribution in [0.25, 0.3) is 0 Å². The summed E-state index contributed by atoms with van der Waals surface area (Å²) < 4.78 is 20.3. The van der Waals surface area contributed by atoms with Crippen molar-refractivity contribution < 1.29 is 23.8 Å². The summed E-state index contributed by atoms with van der Waals surface area (Å²) in [7, 11) is 0. The van der Waals surface area contributed by atoms with Crippen molar-refractivity contribution in [2.75, 3.05) is 13.1 Å². The van der Waals surface area contributed by atoms with Crippen LogP contribution in [0.5, 0.6) is 0 Å². The van der Waals surface area contributed by atoms with Gasteiger partial charge < -0.3 is 14.7 Å². The van der Waals surface area contributed by atoms with Gasteiger partial charge in [-0.25, -0.2) is 9.18 Å². The van der Waals surface area contributed by atoms with Crippen LogP contribution in [0.1, 0.15) is 46.5 Å². The lowest BCUT2D eigenvalue weighted by molar-refractivity contribution is -0.159. The van der Waals surface area contributed by atoms with Crippen LogP contribution in [0.3, 0.4) is 0 Å². The van der Waals surface area contributed by atoms with Crippen LogP contribution in [0.4, 0.5) is 9.18 Å². The van der Waals surface area contributed by atoms with Crippen LogP contribution in [-0.4, -0.2) is 46.4 Å².